The Morgan fingerprint density at radius 3 is 2.50 bits per heavy atom. The number of unbranched alkanes of at least 4 members (excludes halogenated alkanes) is 3. The van der Waals surface area contributed by atoms with Crippen molar-refractivity contribution >= 4 is 11.9 Å². The summed E-state index contributed by atoms with van der Waals surface area (Å²) in [6.45, 7) is 0.581. The number of hydrogen-bond acceptors (Lipinski definition) is 4. The van der Waals surface area contributed by atoms with Crippen molar-refractivity contribution in [1.82, 2.24) is 4.90 Å². The predicted molar refractivity (Wildman–Crippen MR) is 128 cm³/mol. The molecule has 2 N–H and O–H groups in total. The van der Waals surface area contributed by atoms with Gasteiger partial charge in [-0.3, -0.25) is 9.59 Å². The summed E-state index contributed by atoms with van der Waals surface area (Å²) in [4.78, 5) is 24.6. The Balaban J connectivity index is 1.57. The lowest BCUT2D eigenvalue weighted by molar-refractivity contribution is -0.138. The molecule has 1 aliphatic heterocycles. The van der Waals surface area contributed by atoms with E-state index >= 15 is 0 Å². The van der Waals surface area contributed by atoms with E-state index in [1.165, 1.54) is 12.1 Å². The van der Waals surface area contributed by atoms with E-state index in [0.717, 1.165) is 31.4 Å². The van der Waals surface area contributed by atoms with Gasteiger partial charge in [0.25, 0.3) is 0 Å². The first-order chi connectivity index (χ1) is 17.1. The van der Waals surface area contributed by atoms with Crippen LogP contribution >= 0.6 is 0 Å². The molecule has 0 radical (unpaired) electrons. The smallest absolute Gasteiger partial charge is 0.416 e. The second-order valence-electron chi connectivity index (χ2n) is 8.78. The third-order valence-electron chi connectivity index (χ3n) is 6.03. The summed E-state index contributed by atoms with van der Waals surface area (Å²) in [7, 11) is 0. The molecule has 2 aromatic carbocycles. The van der Waals surface area contributed by atoms with Gasteiger partial charge in [0.15, 0.2) is 0 Å². The minimum Gasteiger partial charge on any atom is -0.481 e. The highest BCUT2D eigenvalue weighted by Crippen LogP contribution is 2.33. The number of carboxylic acids is 1. The molecule has 0 spiro atoms. The number of halogens is 3. The van der Waals surface area contributed by atoms with E-state index in [0.29, 0.717) is 37.1 Å². The lowest BCUT2D eigenvalue weighted by atomic mass is 10.1. The molecule has 1 heterocycles. The zero-order valence-corrected chi connectivity index (χ0v) is 19.8. The molecule has 3 rings (SSSR count). The molecule has 1 aliphatic rings. The summed E-state index contributed by atoms with van der Waals surface area (Å²) in [5, 5.41) is 19.3. The Morgan fingerprint density at radius 2 is 1.78 bits per heavy atom. The van der Waals surface area contributed by atoms with E-state index in [2.05, 4.69) is 0 Å². The molecule has 0 aliphatic carbocycles. The van der Waals surface area contributed by atoms with Gasteiger partial charge in [0.05, 0.1) is 17.7 Å². The Bertz CT molecular complexity index is 1070. The van der Waals surface area contributed by atoms with Crippen LogP contribution in [0.15, 0.2) is 60.7 Å². The van der Waals surface area contributed by atoms with Gasteiger partial charge in [0.1, 0.15) is 11.5 Å². The SMILES string of the molecule is O=C(O)CCCCCCN1C(=O)CCC1C=C[C@@H](O)c1cccc(Oc2cccc(C(F)(F)F)c2)c1. The average molecular weight is 506 g/mol. The van der Waals surface area contributed by atoms with Crippen LogP contribution in [0.25, 0.3) is 0 Å². The summed E-state index contributed by atoms with van der Waals surface area (Å²) in [6.07, 6.45) is 2.24. The van der Waals surface area contributed by atoms with Gasteiger partial charge < -0.3 is 19.8 Å². The minimum absolute atomic E-state index is 0.0371. The van der Waals surface area contributed by atoms with Crippen LogP contribution in [0.2, 0.25) is 0 Å². The quantitative estimate of drug-likeness (QED) is 0.268. The lowest BCUT2D eigenvalue weighted by Crippen LogP contribution is -2.32. The van der Waals surface area contributed by atoms with E-state index in [1.54, 1.807) is 41.3 Å². The fraction of sp³-hybridized carbons (Fsp3) is 0.407. The number of amides is 1. The van der Waals surface area contributed by atoms with Crippen molar-refractivity contribution in [2.24, 2.45) is 0 Å². The molecule has 1 saturated heterocycles. The Kier molecular flexibility index (Phi) is 9.52. The van der Waals surface area contributed by atoms with Crippen molar-refractivity contribution in [3.05, 3.63) is 71.8 Å². The fourth-order valence-electron chi connectivity index (χ4n) is 4.14. The number of aliphatic hydroxyl groups is 1. The van der Waals surface area contributed by atoms with E-state index < -0.39 is 23.8 Å². The first-order valence-corrected chi connectivity index (χ1v) is 12.0. The van der Waals surface area contributed by atoms with Crippen molar-refractivity contribution in [2.45, 2.75) is 63.3 Å². The van der Waals surface area contributed by atoms with Crippen LogP contribution in [0.3, 0.4) is 0 Å². The van der Waals surface area contributed by atoms with Crippen LogP contribution in [0.1, 0.15) is 62.2 Å². The topological polar surface area (TPSA) is 87.1 Å². The molecule has 1 amide bonds. The van der Waals surface area contributed by atoms with Crippen molar-refractivity contribution in [3.8, 4) is 11.5 Å². The second kappa shape index (κ2) is 12.6. The first kappa shape index (κ1) is 27.3. The van der Waals surface area contributed by atoms with Crippen LogP contribution in [-0.2, 0) is 15.8 Å². The van der Waals surface area contributed by atoms with E-state index in [-0.39, 0.29) is 24.1 Å². The van der Waals surface area contributed by atoms with Gasteiger partial charge >= 0.3 is 12.1 Å². The summed E-state index contributed by atoms with van der Waals surface area (Å²) in [5.74, 6) is -0.419. The van der Waals surface area contributed by atoms with Gasteiger partial charge in [0.2, 0.25) is 5.91 Å². The Hall–Kier alpha value is -3.33. The molecule has 9 heteroatoms. The van der Waals surface area contributed by atoms with Gasteiger partial charge in [-0.2, -0.15) is 13.2 Å². The van der Waals surface area contributed by atoms with Gasteiger partial charge in [-0.15, -0.1) is 0 Å². The molecule has 2 aromatic rings. The maximum Gasteiger partial charge on any atom is 0.416 e. The summed E-state index contributed by atoms with van der Waals surface area (Å²) < 4.78 is 44.4. The largest absolute Gasteiger partial charge is 0.481 e. The molecule has 6 nitrogen and oxygen atoms in total. The van der Waals surface area contributed by atoms with Gasteiger partial charge in [-0.05, 0) is 55.2 Å². The third-order valence-corrected chi connectivity index (χ3v) is 6.03. The number of alkyl halides is 3. The molecule has 194 valence electrons. The van der Waals surface area contributed by atoms with Crippen molar-refractivity contribution in [3.63, 3.8) is 0 Å². The zero-order chi connectivity index (χ0) is 26.1. The van der Waals surface area contributed by atoms with Crippen LogP contribution in [0.4, 0.5) is 13.2 Å². The molecule has 2 atom stereocenters. The van der Waals surface area contributed by atoms with Gasteiger partial charge in [0, 0.05) is 19.4 Å². The molecular formula is C27H30F3NO5. The highest BCUT2D eigenvalue weighted by Gasteiger charge is 2.31. The standard InChI is InChI=1S/C27H30F3NO5/c28-27(29,30)20-8-6-10-23(18-20)36-22-9-5-7-19(17-22)24(32)14-12-21-13-15-25(33)31(21)16-4-2-1-3-11-26(34)35/h5-10,12,14,17-18,21,24,32H,1-4,11,13,15-16H2,(H,34,35)/t21?,24-/m1/s1. The number of ether oxygens (including phenoxy) is 1. The number of rotatable bonds is 12. The third kappa shape index (κ3) is 8.12. The summed E-state index contributed by atoms with van der Waals surface area (Å²) in [6, 6.07) is 10.9. The van der Waals surface area contributed by atoms with Gasteiger partial charge in [-0.25, -0.2) is 0 Å². The monoisotopic (exact) mass is 505 g/mol. The normalized spacial score (nSPS) is 17.1. The summed E-state index contributed by atoms with van der Waals surface area (Å²) in [5.41, 5.74) is -0.305. The van der Waals surface area contributed by atoms with E-state index in [4.69, 9.17) is 9.84 Å². The molecule has 0 aromatic heterocycles. The van der Waals surface area contributed by atoms with Crippen LogP contribution in [0.5, 0.6) is 11.5 Å². The number of aliphatic hydroxyl groups excluding tert-OH is 1. The van der Waals surface area contributed by atoms with E-state index in [1.807, 2.05) is 0 Å². The molecule has 1 unspecified atom stereocenters. The van der Waals surface area contributed by atoms with Crippen molar-refractivity contribution in [2.75, 3.05) is 6.54 Å². The minimum atomic E-state index is -4.47. The summed E-state index contributed by atoms with van der Waals surface area (Å²) >= 11 is 0. The van der Waals surface area contributed by atoms with Crippen LogP contribution in [0, 0.1) is 0 Å². The van der Waals surface area contributed by atoms with Crippen molar-refractivity contribution in [1.29, 1.82) is 0 Å². The Labute approximate surface area is 208 Å². The maximum absolute atomic E-state index is 12.9. The maximum atomic E-state index is 12.9. The molecule has 0 bridgehead atoms. The lowest BCUT2D eigenvalue weighted by Gasteiger charge is -2.22. The molecule has 1 fully saturated rings. The van der Waals surface area contributed by atoms with Crippen LogP contribution in [-0.4, -0.2) is 39.6 Å². The molecule has 36 heavy (non-hydrogen) atoms. The first-order valence-electron chi connectivity index (χ1n) is 12.0. The average Bonchev–Trinajstić information content (AvgIpc) is 3.18. The number of carbonyl (C=O) groups excluding carboxylic acids is 1. The number of likely N-dealkylation sites (tertiary alicyclic amines) is 1. The number of benzene rings is 2. The molecule has 0 saturated carbocycles. The fourth-order valence-corrected chi connectivity index (χ4v) is 4.14. The highest BCUT2D eigenvalue weighted by molar-refractivity contribution is 5.79. The number of hydrogen-bond donors (Lipinski definition) is 2. The highest BCUT2D eigenvalue weighted by atomic mass is 19.4. The number of aliphatic carboxylic acids is 1. The predicted octanol–water partition coefficient (Wildman–Crippen LogP) is 6.11. The van der Waals surface area contributed by atoms with Crippen LogP contribution < -0.4 is 4.74 Å². The van der Waals surface area contributed by atoms with E-state index in [9.17, 15) is 27.9 Å². The number of carbonyl (C=O) groups is 2. The van der Waals surface area contributed by atoms with Gasteiger partial charge in [-0.1, -0.05) is 43.2 Å². The number of nitrogens with zero attached hydrogens (tertiary/aromatic N) is 1. The zero-order valence-electron chi connectivity index (χ0n) is 19.8. The van der Waals surface area contributed by atoms with Crippen molar-refractivity contribution < 1.29 is 37.7 Å². The molecular weight excluding hydrogens is 475 g/mol. The number of carboxylic acid groups (broad SMARTS) is 1. The second-order valence-corrected chi connectivity index (χ2v) is 8.78. The Morgan fingerprint density at radius 1 is 1.08 bits per heavy atom.